The van der Waals surface area contributed by atoms with Crippen LogP contribution in [0.15, 0.2) is 18.2 Å². The summed E-state index contributed by atoms with van der Waals surface area (Å²) in [6.07, 6.45) is 1.67. The molecule has 2 aliphatic rings. The van der Waals surface area contributed by atoms with Gasteiger partial charge in [0.15, 0.2) is 0 Å². The molecule has 1 aromatic rings. The van der Waals surface area contributed by atoms with E-state index in [0.29, 0.717) is 29.5 Å². The highest BCUT2D eigenvalue weighted by atomic mass is 35.5. The summed E-state index contributed by atoms with van der Waals surface area (Å²) in [7, 11) is 0. The van der Waals surface area contributed by atoms with Crippen LogP contribution in [0.3, 0.4) is 0 Å². The molecule has 0 aromatic heterocycles. The molecule has 2 N–H and O–H groups in total. The first-order chi connectivity index (χ1) is 9.61. The quantitative estimate of drug-likeness (QED) is 0.931. The Kier molecular flexibility index (Phi) is 3.69. The Balaban J connectivity index is 1.69. The maximum Gasteiger partial charge on any atom is 0.226 e. The number of amides is 1. The zero-order valence-electron chi connectivity index (χ0n) is 11.2. The maximum absolute atomic E-state index is 13.8. The van der Waals surface area contributed by atoms with E-state index in [9.17, 15) is 9.18 Å². The highest BCUT2D eigenvalue weighted by Crippen LogP contribution is 2.51. The van der Waals surface area contributed by atoms with Gasteiger partial charge in [0.05, 0.1) is 0 Å². The van der Waals surface area contributed by atoms with Crippen LogP contribution >= 0.6 is 11.6 Å². The first-order valence-electron chi connectivity index (χ1n) is 7.04. The van der Waals surface area contributed by atoms with Crippen LogP contribution in [0.25, 0.3) is 0 Å². The normalized spacial score (nSPS) is 28.8. The van der Waals surface area contributed by atoms with E-state index in [2.05, 4.69) is 0 Å². The van der Waals surface area contributed by atoms with Crippen LogP contribution in [0.5, 0.6) is 0 Å². The van der Waals surface area contributed by atoms with Gasteiger partial charge in [-0.1, -0.05) is 17.7 Å². The molecule has 1 aromatic carbocycles. The predicted octanol–water partition coefficient (Wildman–Crippen LogP) is 2.39. The number of nitrogens with zero attached hydrogens (tertiary/aromatic N) is 1. The number of halogens is 2. The number of carbonyl (C=O) groups excluding carboxylic acids is 1. The van der Waals surface area contributed by atoms with Crippen LogP contribution < -0.4 is 5.73 Å². The van der Waals surface area contributed by atoms with Gasteiger partial charge in [0.25, 0.3) is 0 Å². The fraction of sp³-hybridized carbons (Fsp3) is 0.533. The average molecular weight is 297 g/mol. The molecule has 1 heterocycles. The minimum Gasteiger partial charge on any atom is -0.342 e. The standard InChI is InChI=1S/C15H18ClFN2O/c16-12-2-1-3-13(17)14(12)10-6-11(10)15(20)19-5-4-9(7-18)8-19/h1-3,9-11H,4-8,18H2/t9-,10+,11-/m0/s1. The van der Waals surface area contributed by atoms with Crippen molar-refractivity contribution in [1.82, 2.24) is 4.90 Å². The fourth-order valence-electron chi connectivity index (χ4n) is 3.11. The van der Waals surface area contributed by atoms with Crippen LogP contribution in [-0.4, -0.2) is 30.4 Å². The molecule has 0 bridgehead atoms. The van der Waals surface area contributed by atoms with Gasteiger partial charge in [0.2, 0.25) is 5.91 Å². The molecule has 1 amide bonds. The smallest absolute Gasteiger partial charge is 0.226 e. The van der Waals surface area contributed by atoms with Gasteiger partial charge in [-0.05, 0) is 37.4 Å². The third-order valence-electron chi connectivity index (χ3n) is 4.41. The molecule has 5 heteroatoms. The van der Waals surface area contributed by atoms with Crippen molar-refractivity contribution in [1.29, 1.82) is 0 Å². The molecule has 1 saturated heterocycles. The largest absolute Gasteiger partial charge is 0.342 e. The second kappa shape index (κ2) is 5.34. The topological polar surface area (TPSA) is 46.3 Å². The summed E-state index contributed by atoms with van der Waals surface area (Å²) in [6.45, 7) is 2.13. The van der Waals surface area contributed by atoms with Crippen LogP contribution in [0.4, 0.5) is 4.39 Å². The summed E-state index contributed by atoms with van der Waals surface area (Å²) < 4.78 is 13.8. The summed E-state index contributed by atoms with van der Waals surface area (Å²) in [5.74, 6) is 0.0616. The maximum atomic E-state index is 13.8. The number of benzene rings is 1. The molecule has 2 fully saturated rings. The van der Waals surface area contributed by atoms with E-state index < -0.39 is 0 Å². The number of hydrogen-bond acceptors (Lipinski definition) is 2. The van der Waals surface area contributed by atoms with Crippen molar-refractivity contribution < 1.29 is 9.18 Å². The molecule has 0 unspecified atom stereocenters. The lowest BCUT2D eigenvalue weighted by Crippen LogP contribution is -2.31. The van der Waals surface area contributed by atoms with Crippen molar-refractivity contribution in [2.75, 3.05) is 19.6 Å². The molecule has 3 atom stereocenters. The van der Waals surface area contributed by atoms with E-state index in [1.54, 1.807) is 12.1 Å². The number of hydrogen-bond donors (Lipinski definition) is 1. The third-order valence-corrected chi connectivity index (χ3v) is 4.74. The molecule has 108 valence electrons. The Morgan fingerprint density at radius 3 is 2.95 bits per heavy atom. The summed E-state index contributed by atoms with van der Waals surface area (Å²) >= 11 is 6.06. The summed E-state index contributed by atoms with van der Waals surface area (Å²) in [5.41, 5.74) is 6.14. The van der Waals surface area contributed by atoms with Crippen molar-refractivity contribution in [3.63, 3.8) is 0 Å². The minimum absolute atomic E-state index is 0.0619. The second-order valence-corrected chi connectivity index (χ2v) is 6.17. The van der Waals surface area contributed by atoms with E-state index in [0.717, 1.165) is 19.5 Å². The monoisotopic (exact) mass is 296 g/mol. The third kappa shape index (κ3) is 2.42. The predicted molar refractivity (Wildman–Crippen MR) is 76.0 cm³/mol. The summed E-state index contributed by atoms with van der Waals surface area (Å²) in [4.78, 5) is 14.3. The van der Waals surface area contributed by atoms with Crippen LogP contribution in [0, 0.1) is 17.7 Å². The van der Waals surface area contributed by atoms with Gasteiger partial charge in [-0.2, -0.15) is 0 Å². The Hall–Kier alpha value is -1.13. The average Bonchev–Trinajstić information content (AvgIpc) is 3.05. The van der Waals surface area contributed by atoms with E-state index in [-0.39, 0.29) is 23.6 Å². The molecule has 1 aliphatic carbocycles. The van der Waals surface area contributed by atoms with Crippen LogP contribution in [-0.2, 0) is 4.79 Å². The van der Waals surface area contributed by atoms with Gasteiger partial charge in [-0.25, -0.2) is 4.39 Å². The van der Waals surface area contributed by atoms with Crippen molar-refractivity contribution in [3.05, 3.63) is 34.6 Å². The van der Waals surface area contributed by atoms with E-state index in [1.807, 2.05) is 4.90 Å². The molecule has 3 nitrogen and oxygen atoms in total. The first-order valence-corrected chi connectivity index (χ1v) is 7.42. The Bertz CT molecular complexity index is 516. The number of carbonyl (C=O) groups is 1. The van der Waals surface area contributed by atoms with Gasteiger partial charge in [-0.15, -0.1) is 0 Å². The van der Waals surface area contributed by atoms with Gasteiger partial charge in [0, 0.05) is 35.5 Å². The van der Waals surface area contributed by atoms with Crippen molar-refractivity contribution in [2.45, 2.75) is 18.8 Å². The first kappa shape index (κ1) is 13.8. The van der Waals surface area contributed by atoms with Gasteiger partial charge in [-0.3, -0.25) is 4.79 Å². The van der Waals surface area contributed by atoms with Gasteiger partial charge >= 0.3 is 0 Å². The number of likely N-dealkylation sites (tertiary alicyclic amines) is 1. The molecule has 20 heavy (non-hydrogen) atoms. The highest BCUT2D eigenvalue weighted by molar-refractivity contribution is 6.31. The molecule has 3 rings (SSSR count). The second-order valence-electron chi connectivity index (χ2n) is 5.76. The Morgan fingerprint density at radius 2 is 2.30 bits per heavy atom. The SMILES string of the molecule is NC[C@@H]1CCN(C(=O)[C@H]2C[C@H]2c2c(F)cccc2Cl)C1. The van der Waals surface area contributed by atoms with Crippen molar-refractivity contribution in [3.8, 4) is 0 Å². The zero-order valence-corrected chi connectivity index (χ0v) is 11.9. The minimum atomic E-state index is -0.306. The zero-order chi connectivity index (χ0) is 14.3. The fourth-order valence-corrected chi connectivity index (χ4v) is 3.41. The van der Waals surface area contributed by atoms with Gasteiger partial charge in [0.1, 0.15) is 5.82 Å². The van der Waals surface area contributed by atoms with Crippen molar-refractivity contribution in [2.24, 2.45) is 17.6 Å². The van der Waals surface area contributed by atoms with Crippen LogP contribution in [0.2, 0.25) is 5.02 Å². The molecular formula is C15H18ClFN2O. The highest BCUT2D eigenvalue weighted by Gasteiger charge is 2.48. The van der Waals surface area contributed by atoms with E-state index >= 15 is 0 Å². The summed E-state index contributed by atoms with van der Waals surface area (Å²) in [5, 5.41) is 0.423. The number of rotatable bonds is 3. The molecule has 0 spiro atoms. The lowest BCUT2D eigenvalue weighted by atomic mass is 10.1. The Morgan fingerprint density at radius 1 is 1.50 bits per heavy atom. The van der Waals surface area contributed by atoms with E-state index in [4.69, 9.17) is 17.3 Å². The summed E-state index contributed by atoms with van der Waals surface area (Å²) in [6, 6.07) is 4.67. The van der Waals surface area contributed by atoms with E-state index in [1.165, 1.54) is 6.07 Å². The molecule has 1 saturated carbocycles. The lowest BCUT2D eigenvalue weighted by molar-refractivity contribution is -0.131. The van der Waals surface area contributed by atoms with Crippen LogP contribution in [0.1, 0.15) is 24.3 Å². The molecular weight excluding hydrogens is 279 g/mol. The lowest BCUT2D eigenvalue weighted by Gasteiger charge is -2.16. The Labute approximate surface area is 122 Å². The molecule has 1 aliphatic heterocycles. The molecule has 0 radical (unpaired) electrons. The van der Waals surface area contributed by atoms with Crippen molar-refractivity contribution >= 4 is 17.5 Å². The number of nitrogens with two attached hydrogens (primary N) is 1. The van der Waals surface area contributed by atoms with Gasteiger partial charge < -0.3 is 10.6 Å².